The summed E-state index contributed by atoms with van der Waals surface area (Å²) in [7, 11) is 0. The lowest BCUT2D eigenvalue weighted by Crippen LogP contribution is -2.45. The first-order valence-electron chi connectivity index (χ1n) is 9.78. The summed E-state index contributed by atoms with van der Waals surface area (Å²) in [5.41, 5.74) is 3.56. The normalized spacial score (nSPS) is 16.6. The van der Waals surface area contributed by atoms with Crippen LogP contribution in [-0.4, -0.2) is 36.2 Å². The average molecular weight is 480 g/mol. The summed E-state index contributed by atoms with van der Waals surface area (Å²) in [4.78, 5) is 50.7. The summed E-state index contributed by atoms with van der Waals surface area (Å²) in [6, 6.07) is 11.4. The molecule has 0 bridgehead atoms. The Labute approximate surface area is 196 Å². The minimum absolute atomic E-state index is 0.0666. The Kier molecular flexibility index (Phi) is 6.36. The molecular weight excluding hydrogens is 464 g/mol. The van der Waals surface area contributed by atoms with Gasteiger partial charge in [-0.1, -0.05) is 11.8 Å². The minimum Gasteiger partial charge on any atom is -0.328 e. The number of aromatic nitrogens is 2. The van der Waals surface area contributed by atoms with Crippen molar-refractivity contribution in [1.82, 2.24) is 20.0 Å². The largest absolute Gasteiger partial charge is 0.328 e. The molecule has 1 aliphatic heterocycles. The van der Waals surface area contributed by atoms with Crippen LogP contribution in [0.2, 0.25) is 0 Å². The van der Waals surface area contributed by atoms with Crippen LogP contribution in [0.1, 0.15) is 16.5 Å². The number of nitro benzene ring substituents is 2. The lowest BCUT2D eigenvalue weighted by Gasteiger charge is -2.24. The average Bonchev–Trinajstić information content (AvgIpc) is 3.43. The fourth-order valence-electron chi connectivity index (χ4n) is 3.19. The van der Waals surface area contributed by atoms with Gasteiger partial charge >= 0.3 is 0 Å². The van der Waals surface area contributed by atoms with Crippen molar-refractivity contribution in [2.45, 2.75) is 11.9 Å². The zero-order chi connectivity index (χ0) is 24.2. The van der Waals surface area contributed by atoms with Gasteiger partial charge in [0, 0.05) is 36.7 Å². The van der Waals surface area contributed by atoms with Crippen LogP contribution in [0.3, 0.4) is 0 Å². The van der Waals surface area contributed by atoms with E-state index < -0.39 is 27.0 Å². The van der Waals surface area contributed by atoms with Crippen LogP contribution < -0.4 is 5.43 Å². The molecule has 2 amide bonds. The molecule has 12 nitrogen and oxygen atoms in total. The number of nitrogens with one attached hydrogen (secondary N) is 1. The van der Waals surface area contributed by atoms with E-state index in [0.29, 0.717) is 16.0 Å². The number of benzene rings is 2. The third-order valence-electron chi connectivity index (χ3n) is 4.82. The van der Waals surface area contributed by atoms with Gasteiger partial charge in [-0.2, -0.15) is 0 Å². The van der Waals surface area contributed by atoms with E-state index in [-0.39, 0.29) is 17.9 Å². The SMILES string of the molecule is O=C(Cn1ccnc1)NN1C(=O)/C(=C\c2ccc([N+](=O)[O-])cc2)SC1c1ccc([N+](=O)[O-])cc1. The molecule has 0 spiro atoms. The number of nitro groups is 2. The number of hydrogen-bond donors (Lipinski definition) is 1. The first-order valence-corrected chi connectivity index (χ1v) is 10.7. The second-order valence-electron chi connectivity index (χ2n) is 7.12. The summed E-state index contributed by atoms with van der Waals surface area (Å²) in [6.45, 7) is -0.0666. The molecule has 172 valence electrons. The quantitative estimate of drug-likeness (QED) is 0.307. The van der Waals surface area contributed by atoms with Gasteiger partial charge in [-0.3, -0.25) is 35.2 Å². The number of hydrazine groups is 1. The van der Waals surface area contributed by atoms with E-state index in [1.165, 1.54) is 70.6 Å². The molecule has 1 saturated heterocycles. The zero-order valence-corrected chi connectivity index (χ0v) is 18.1. The Morgan fingerprint density at radius 3 is 2.24 bits per heavy atom. The molecule has 34 heavy (non-hydrogen) atoms. The second-order valence-corrected chi connectivity index (χ2v) is 8.24. The van der Waals surface area contributed by atoms with E-state index in [2.05, 4.69) is 10.4 Å². The van der Waals surface area contributed by atoms with E-state index in [1.807, 2.05) is 0 Å². The Morgan fingerprint density at radius 1 is 1.06 bits per heavy atom. The van der Waals surface area contributed by atoms with E-state index in [0.717, 1.165) is 11.8 Å². The number of carbonyl (C=O) groups excluding carboxylic acids is 2. The number of imidazole rings is 1. The van der Waals surface area contributed by atoms with Gasteiger partial charge in [-0.25, -0.2) is 9.99 Å². The van der Waals surface area contributed by atoms with Crippen molar-refractivity contribution in [2.75, 3.05) is 0 Å². The Balaban J connectivity index is 1.62. The molecule has 1 atom stereocenters. The molecule has 2 aromatic carbocycles. The fourth-order valence-corrected chi connectivity index (χ4v) is 4.38. The van der Waals surface area contributed by atoms with Gasteiger partial charge in [0.05, 0.1) is 21.1 Å². The molecular formula is C21H16N6O6S. The van der Waals surface area contributed by atoms with Crippen molar-refractivity contribution in [1.29, 1.82) is 0 Å². The van der Waals surface area contributed by atoms with Crippen molar-refractivity contribution in [3.05, 3.63) is 104 Å². The summed E-state index contributed by atoms with van der Waals surface area (Å²) >= 11 is 1.15. The van der Waals surface area contributed by atoms with Crippen LogP contribution in [0, 0.1) is 20.2 Å². The van der Waals surface area contributed by atoms with Crippen LogP contribution in [0.15, 0.2) is 72.2 Å². The highest BCUT2D eigenvalue weighted by molar-refractivity contribution is 8.04. The third kappa shape index (κ3) is 4.94. The number of nitrogens with zero attached hydrogens (tertiary/aromatic N) is 5. The summed E-state index contributed by atoms with van der Waals surface area (Å²) in [6.07, 6.45) is 6.16. The van der Waals surface area contributed by atoms with Crippen LogP contribution in [0.5, 0.6) is 0 Å². The van der Waals surface area contributed by atoms with Gasteiger partial charge in [0.1, 0.15) is 11.9 Å². The molecule has 1 aromatic heterocycles. The van der Waals surface area contributed by atoms with E-state index in [9.17, 15) is 29.8 Å². The predicted molar refractivity (Wildman–Crippen MR) is 122 cm³/mol. The Bertz CT molecular complexity index is 1270. The molecule has 3 aromatic rings. The summed E-state index contributed by atoms with van der Waals surface area (Å²) < 4.78 is 1.54. The maximum absolute atomic E-state index is 13.2. The van der Waals surface area contributed by atoms with Crippen LogP contribution in [0.4, 0.5) is 11.4 Å². The minimum atomic E-state index is -0.677. The number of non-ortho nitro benzene ring substituents is 2. The van der Waals surface area contributed by atoms with Crippen LogP contribution in [0.25, 0.3) is 6.08 Å². The monoisotopic (exact) mass is 480 g/mol. The predicted octanol–water partition coefficient (Wildman–Crippen LogP) is 3.05. The van der Waals surface area contributed by atoms with E-state index >= 15 is 0 Å². The van der Waals surface area contributed by atoms with Gasteiger partial charge in [0.15, 0.2) is 0 Å². The molecule has 0 saturated carbocycles. The van der Waals surface area contributed by atoms with Crippen molar-refractivity contribution in [2.24, 2.45) is 0 Å². The summed E-state index contributed by atoms with van der Waals surface area (Å²) in [5, 5.41) is 22.4. The molecule has 1 aliphatic rings. The van der Waals surface area contributed by atoms with Crippen LogP contribution in [-0.2, 0) is 16.1 Å². The molecule has 0 aliphatic carbocycles. The highest BCUT2D eigenvalue weighted by atomic mass is 32.2. The molecule has 1 unspecified atom stereocenters. The van der Waals surface area contributed by atoms with Crippen molar-refractivity contribution < 1.29 is 19.4 Å². The number of hydrogen-bond acceptors (Lipinski definition) is 8. The molecule has 2 heterocycles. The first-order chi connectivity index (χ1) is 16.3. The molecule has 1 fully saturated rings. The second kappa shape index (κ2) is 9.54. The maximum Gasteiger partial charge on any atom is 0.280 e. The lowest BCUT2D eigenvalue weighted by molar-refractivity contribution is -0.385. The van der Waals surface area contributed by atoms with Gasteiger partial charge in [-0.05, 0) is 41.5 Å². The van der Waals surface area contributed by atoms with E-state index in [4.69, 9.17) is 0 Å². The maximum atomic E-state index is 13.2. The lowest BCUT2D eigenvalue weighted by atomic mass is 10.2. The smallest absolute Gasteiger partial charge is 0.280 e. The Hall–Kier alpha value is -4.52. The molecule has 0 radical (unpaired) electrons. The van der Waals surface area contributed by atoms with Crippen molar-refractivity contribution in [3.63, 3.8) is 0 Å². The highest BCUT2D eigenvalue weighted by Gasteiger charge is 2.38. The zero-order valence-electron chi connectivity index (χ0n) is 17.3. The number of amides is 2. The van der Waals surface area contributed by atoms with Crippen molar-refractivity contribution >= 4 is 41.0 Å². The fraction of sp³-hybridized carbons (Fsp3) is 0.0952. The van der Waals surface area contributed by atoms with E-state index in [1.54, 1.807) is 12.3 Å². The van der Waals surface area contributed by atoms with Gasteiger partial charge in [0.2, 0.25) is 0 Å². The van der Waals surface area contributed by atoms with Crippen LogP contribution >= 0.6 is 11.8 Å². The number of rotatable bonds is 7. The van der Waals surface area contributed by atoms with Gasteiger partial charge in [-0.15, -0.1) is 0 Å². The molecule has 1 N–H and O–H groups in total. The van der Waals surface area contributed by atoms with Gasteiger partial charge in [0.25, 0.3) is 23.2 Å². The molecule has 13 heteroatoms. The van der Waals surface area contributed by atoms with Crippen molar-refractivity contribution in [3.8, 4) is 0 Å². The Morgan fingerprint density at radius 2 is 1.68 bits per heavy atom. The third-order valence-corrected chi connectivity index (χ3v) is 6.08. The number of thioether (sulfide) groups is 1. The topological polar surface area (TPSA) is 154 Å². The standard InChI is InChI=1S/C21H16N6O6S/c28-19(12-24-10-9-22-13-24)23-25-20(29)18(11-14-1-5-16(6-2-14)26(30)31)34-21(25)15-3-7-17(8-4-15)27(32)33/h1-11,13,21H,12H2,(H,23,28)/b18-11+. The first kappa shape index (κ1) is 22.7. The molecule has 4 rings (SSSR count). The van der Waals surface area contributed by atoms with Gasteiger partial charge < -0.3 is 4.57 Å². The number of carbonyl (C=O) groups is 2. The highest BCUT2D eigenvalue weighted by Crippen LogP contribution is 2.45. The summed E-state index contributed by atoms with van der Waals surface area (Å²) in [5.74, 6) is -0.943.